The second kappa shape index (κ2) is 7.28. The van der Waals surface area contributed by atoms with Gasteiger partial charge in [0.15, 0.2) is 0 Å². The summed E-state index contributed by atoms with van der Waals surface area (Å²) in [6, 6.07) is 10.0. The van der Waals surface area contributed by atoms with E-state index in [1.54, 1.807) is 24.3 Å². The number of anilines is 2. The molecule has 0 aliphatic rings. The highest BCUT2D eigenvalue weighted by atomic mass is 35.5. The molecule has 3 nitrogen and oxygen atoms in total. The van der Waals surface area contributed by atoms with Crippen molar-refractivity contribution in [1.29, 1.82) is 0 Å². The average Bonchev–Trinajstić information content (AvgIpc) is 2.54. The van der Waals surface area contributed by atoms with Gasteiger partial charge in [-0.05, 0) is 36.4 Å². The van der Waals surface area contributed by atoms with E-state index >= 15 is 0 Å². The SMILES string of the molecule is C#Cc1cccc(NCC(=O)Nc2ccc(Cl)c(C(F)(F)F)c2)c1. The maximum Gasteiger partial charge on any atom is 0.417 e. The van der Waals surface area contributed by atoms with Gasteiger partial charge in [0, 0.05) is 16.9 Å². The van der Waals surface area contributed by atoms with Gasteiger partial charge in [-0.2, -0.15) is 13.2 Å². The topological polar surface area (TPSA) is 41.1 Å². The van der Waals surface area contributed by atoms with Crippen molar-refractivity contribution in [3.05, 3.63) is 58.6 Å². The molecule has 1 amide bonds. The summed E-state index contributed by atoms with van der Waals surface area (Å²) in [4.78, 5) is 11.9. The van der Waals surface area contributed by atoms with E-state index in [9.17, 15) is 18.0 Å². The van der Waals surface area contributed by atoms with Crippen LogP contribution >= 0.6 is 11.6 Å². The Labute approximate surface area is 141 Å². The first-order chi connectivity index (χ1) is 11.3. The molecule has 0 atom stereocenters. The van der Waals surface area contributed by atoms with Crippen LogP contribution in [0.25, 0.3) is 0 Å². The largest absolute Gasteiger partial charge is 0.417 e. The van der Waals surface area contributed by atoms with Gasteiger partial charge in [0.05, 0.1) is 17.1 Å². The van der Waals surface area contributed by atoms with Crippen LogP contribution in [0, 0.1) is 12.3 Å². The van der Waals surface area contributed by atoms with Crippen LogP contribution in [0.5, 0.6) is 0 Å². The Morgan fingerprint density at radius 3 is 2.58 bits per heavy atom. The summed E-state index contributed by atoms with van der Waals surface area (Å²) in [5.41, 5.74) is 0.285. The molecular formula is C17H12ClF3N2O. The molecule has 2 aromatic carbocycles. The number of hydrogen-bond acceptors (Lipinski definition) is 2. The lowest BCUT2D eigenvalue weighted by atomic mass is 10.2. The molecule has 0 saturated carbocycles. The average molecular weight is 353 g/mol. The van der Waals surface area contributed by atoms with E-state index < -0.39 is 22.7 Å². The molecule has 0 aliphatic heterocycles. The van der Waals surface area contributed by atoms with Gasteiger partial charge in [-0.1, -0.05) is 23.6 Å². The van der Waals surface area contributed by atoms with Gasteiger partial charge in [0.25, 0.3) is 0 Å². The predicted molar refractivity (Wildman–Crippen MR) is 88.0 cm³/mol. The molecule has 0 aromatic heterocycles. The van der Waals surface area contributed by atoms with Crippen molar-refractivity contribution in [3.63, 3.8) is 0 Å². The molecule has 0 saturated heterocycles. The molecule has 0 spiro atoms. The Balaban J connectivity index is 2.01. The summed E-state index contributed by atoms with van der Waals surface area (Å²) < 4.78 is 38.3. The minimum Gasteiger partial charge on any atom is -0.376 e. The monoisotopic (exact) mass is 352 g/mol. The minimum absolute atomic E-state index is 0.0101. The summed E-state index contributed by atoms with van der Waals surface area (Å²) in [5.74, 6) is 1.96. The number of carbonyl (C=O) groups excluding carboxylic acids is 1. The summed E-state index contributed by atoms with van der Waals surface area (Å²) in [5, 5.41) is 4.79. The standard InChI is InChI=1S/C17H12ClF3N2O/c1-2-11-4-3-5-12(8-11)22-10-16(24)23-13-6-7-15(18)14(9-13)17(19,20)21/h1,3-9,22H,10H2,(H,23,24). The molecule has 24 heavy (non-hydrogen) atoms. The molecule has 0 fully saturated rings. The Morgan fingerprint density at radius 2 is 1.92 bits per heavy atom. The Kier molecular flexibility index (Phi) is 5.37. The molecule has 2 N–H and O–H groups in total. The highest BCUT2D eigenvalue weighted by molar-refractivity contribution is 6.31. The van der Waals surface area contributed by atoms with Crippen molar-refractivity contribution >= 4 is 28.9 Å². The van der Waals surface area contributed by atoms with E-state index in [-0.39, 0.29) is 12.2 Å². The lowest BCUT2D eigenvalue weighted by Gasteiger charge is -2.12. The van der Waals surface area contributed by atoms with Gasteiger partial charge in [-0.15, -0.1) is 6.42 Å². The van der Waals surface area contributed by atoms with Crippen LogP contribution in [0.2, 0.25) is 5.02 Å². The second-order valence-electron chi connectivity index (χ2n) is 4.82. The molecule has 0 bridgehead atoms. The van der Waals surface area contributed by atoms with Gasteiger partial charge >= 0.3 is 6.18 Å². The van der Waals surface area contributed by atoms with Crippen molar-refractivity contribution < 1.29 is 18.0 Å². The van der Waals surface area contributed by atoms with Gasteiger partial charge in [-0.3, -0.25) is 4.79 Å². The van der Waals surface area contributed by atoms with Gasteiger partial charge in [0.2, 0.25) is 5.91 Å². The third kappa shape index (κ3) is 4.67. The maximum atomic E-state index is 12.8. The van der Waals surface area contributed by atoms with Gasteiger partial charge in [0.1, 0.15) is 0 Å². The fourth-order valence-electron chi connectivity index (χ4n) is 1.93. The Hall–Kier alpha value is -2.65. The Morgan fingerprint density at radius 1 is 1.17 bits per heavy atom. The predicted octanol–water partition coefficient (Wildman–Crippen LogP) is 4.39. The van der Waals surface area contributed by atoms with Crippen molar-refractivity contribution in [2.24, 2.45) is 0 Å². The third-order valence-corrected chi connectivity index (χ3v) is 3.37. The number of hydrogen-bond donors (Lipinski definition) is 2. The number of halogens is 4. The number of carbonyl (C=O) groups is 1. The highest BCUT2D eigenvalue weighted by Crippen LogP contribution is 2.36. The zero-order valence-corrected chi connectivity index (χ0v) is 13.0. The molecule has 0 unspecified atom stereocenters. The first kappa shape index (κ1) is 17.7. The third-order valence-electron chi connectivity index (χ3n) is 3.04. The number of benzene rings is 2. The van der Waals surface area contributed by atoms with E-state index in [1.807, 2.05) is 0 Å². The number of nitrogens with one attached hydrogen (secondary N) is 2. The fourth-order valence-corrected chi connectivity index (χ4v) is 2.15. The Bertz CT molecular complexity index is 797. The summed E-state index contributed by atoms with van der Waals surface area (Å²) in [6.07, 6.45) is 0.687. The molecule has 7 heteroatoms. The van der Waals surface area contributed by atoms with E-state index in [0.717, 1.165) is 12.1 Å². The van der Waals surface area contributed by atoms with Crippen LogP contribution in [0.15, 0.2) is 42.5 Å². The summed E-state index contributed by atoms with van der Waals surface area (Å²) >= 11 is 5.53. The smallest absolute Gasteiger partial charge is 0.376 e. The molecule has 0 heterocycles. The zero-order chi connectivity index (χ0) is 17.7. The van der Waals surface area contributed by atoms with Crippen LogP contribution in [-0.2, 0) is 11.0 Å². The van der Waals surface area contributed by atoms with E-state index in [0.29, 0.717) is 11.3 Å². The summed E-state index contributed by atoms with van der Waals surface area (Å²) in [7, 11) is 0. The van der Waals surface area contributed by atoms with Crippen molar-refractivity contribution in [3.8, 4) is 12.3 Å². The first-order valence-corrected chi connectivity index (χ1v) is 7.14. The molecule has 124 valence electrons. The van der Waals surface area contributed by atoms with Crippen molar-refractivity contribution in [1.82, 2.24) is 0 Å². The van der Waals surface area contributed by atoms with Gasteiger partial charge < -0.3 is 10.6 Å². The maximum absolute atomic E-state index is 12.8. The molecule has 2 aromatic rings. The zero-order valence-electron chi connectivity index (χ0n) is 12.2. The molecule has 0 aliphatic carbocycles. The lowest BCUT2D eigenvalue weighted by molar-refractivity contribution is -0.137. The quantitative estimate of drug-likeness (QED) is 0.801. The highest BCUT2D eigenvalue weighted by Gasteiger charge is 2.33. The van der Waals surface area contributed by atoms with Crippen LogP contribution in [0.3, 0.4) is 0 Å². The molecule has 0 radical (unpaired) electrons. The van der Waals surface area contributed by atoms with E-state index in [4.69, 9.17) is 18.0 Å². The first-order valence-electron chi connectivity index (χ1n) is 6.77. The number of alkyl halides is 3. The van der Waals surface area contributed by atoms with Crippen LogP contribution in [0.4, 0.5) is 24.5 Å². The van der Waals surface area contributed by atoms with Crippen LogP contribution < -0.4 is 10.6 Å². The number of amides is 1. The number of terminal acetylenes is 1. The second-order valence-corrected chi connectivity index (χ2v) is 5.23. The normalized spacial score (nSPS) is 10.8. The molecular weight excluding hydrogens is 341 g/mol. The van der Waals surface area contributed by atoms with Crippen LogP contribution in [-0.4, -0.2) is 12.5 Å². The van der Waals surface area contributed by atoms with Gasteiger partial charge in [-0.25, -0.2) is 0 Å². The van der Waals surface area contributed by atoms with Crippen LogP contribution in [0.1, 0.15) is 11.1 Å². The van der Waals surface area contributed by atoms with Crippen molar-refractivity contribution in [2.75, 3.05) is 17.2 Å². The lowest BCUT2D eigenvalue weighted by Crippen LogP contribution is -2.22. The van der Waals surface area contributed by atoms with E-state index in [2.05, 4.69) is 16.6 Å². The summed E-state index contributed by atoms with van der Waals surface area (Å²) in [6.45, 7) is -0.127. The molecule has 2 rings (SSSR count). The van der Waals surface area contributed by atoms with Crippen molar-refractivity contribution in [2.45, 2.75) is 6.18 Å². The van der Waals surface area contributed by atoms with E-state index in [1.165, 1.54) is 6.07 Å². The minimum atomic E-state index is -4.59. The number of rotatable bonds is 4. The fraction of sp³-hybridized carbons (Fsp3) is 0.118.